The molecule has 3 heterocycles. The average molecular weight is 625 g/mol. The number of benzene rings is 2. The number of hydrogen-bond donors (Lipinski definition) is 2. The number of carbonyl (C=O) groups is 2. The molecule has 2 aromatic rings. The molecule has 2 N–H and O–H groups in total. The zero-order chi connectivity index (χ0) is 31.5. The molecule has 240 valence electrons. The Kier molecular flexibility index (Phi) is 10.3. The molecule has 0 spiro atoms. The van der Waals surface area contributed by atoms with Gasteiger partial charge in [0.05, 0.1) is 30.1 Å². The second kappa shape index (κ2) is 13.8. The molecule has 44 heavy (non-hydrogen) atoms. The van der Waals surface area contributed by atoms with Crippen LogP contribution in [0.25, 0.3) is 0 Å². The number of hydrogen-bond acceptors (Lipinski definition) is 5. The van der Waals surface area contributed by atoms with Gasteiger partial charge in [-0.1, -0.05) is 55.8 Å². The van der Waals surface area contributed by atoms with E-state index in [1.54, 1.807) is 0 Å². The number of halogens is 1. The number of nitrogens with one attached hydrogen (secondary N) is 1. The maximum Gasteiger partial charge on any atom is 0.228 e. The Morgan fingerprint density at radius 2 is 1.84 bits per heavy atom. The highest BCUT2D eigenvalue weighted by molar-refractivity contribution is 6.30. The van der Waals surface area contributed by atoms with Crippen LogP contribution in [0.15, 0.2) is 48.5 Å². The lowest BCUT2D eigenvalue weighted by molar-refractivity contribution is -0.186. The van der Waals surface area contributed by atoms with Gasteiger partial charge in [0, 0.05) is 36.1 Å². The number of piperidine rings is 1. The number of likely N-dealkylation sites (tertiary alicyclic amines) is 1. The third-order valence-corrected chi connectivity index (χ3v) is 10.4. The minimum atomic E-state index is -0.521. The van der Waals surface area contributed by atoms with E-state index in [1.807, 2.05) is 41.3 Å². The highest BCUT2D eigenvalue weighted by Gasteiger charge is 2.53. The van der Waals surface area contributed by atoms with Gasteiger partial charge < -0.3 is 24.8 Å². The summed E-state index contributed by atoms with van der Waals surface area (Å²) in [6.07, 6.45) is 4.72. The highest BCUT2D eigenvalue weighted by atomic mass is 35.5. The van der Waals surface area contributed by atoms with Gasteiger partial charge in [0.2, 0.25) is 11.8 Å². The van der Waals surface area contributed by atoms with E-state index in [4.69, 9.17) is 21.1 Å². The molecule has 2 aromatic carbocycles. The summed E-state index contributed by atoms with van der Waals surface area (Å²) >= 11 is 6.44. The van der Waals surface area contributed by atoms with Gasteiger partial charge in [0.25, 0.3) is 0 Å². The lowest BCUT2D eigenvalue weighted by atomic mass is 9.70. The normalized spacial score (nSPS) is 25.5. The van der Waals surface area contributed by atoms with E-state index in [9.17, 15) is 14.7 Å². The Bertz CT molecular complexity index is 1290. The third-order valence-electron chi connectivity index (χ3n) is 10.2. The van der Waals surface area contributed by atoms with Crippen LogP contribution in [0.2, 0.25) is 5.02 Å². The van der Waals surface area contributed by atoms with Crippen LogP contribution < -0.4 is 10.1 Å². The van der Waals surface area contributed by atoms with E-state index in [1.165, 1.54) is 5.56 Å². The summed E-state index contributed by atoms with van der Waals surface area (Å²) in [5.74, 6) is 1.06. The van der Waals surface area contributed by atoms with Gasteiger partial charge in [-0.05, 0) is 88.5 Å². The maximum atomic E-state index is 14.4. The number of aliphatic hydroxyl groups is 1. The van der Waals surface area contributed by atoms with Crippen molar-refractivity contribution in [1.29, 1.82) is 0 Å². The number of nitrogens with zero attached hydrogens (tertiary/aromatic N) is 1. The molecular weight excluding hydrogens is 576 g/mol. The molecule has 7 nitrogen and oxygen atoms in total. The molecule has 0 saturated carbocycles. The lowest BCUT2D eigenvalue weighted by Gasteiger charge is -2.51. The number of aliphatic hydroxyl groups excluding tert-OH is 1. The first-order valence-electron chi connectivity index (χ1n) is 16.4. The van der Waals surface area contributed by atoms with Crippen LogP contribution in [-0.2, 0) is 20.7 Å². The Morgan fingerprint density at radius 1 is 1.11 bits per heavy atom. The molecule has 2 amide bonds. The first-order chi connectivity index (χ1) is 21.0. The van der Waals surface area contributed by atoms with Crippen LogP contribution in [0, 0.1) is 23.2 Å². The SMILES string of the molecule is CC(C)CCC1(C(=O)NCCO)CCN(C(=O)[C@H]2C[C@@H]3[C@@H](O[C@@H]2CCc2ccccc2)c2cc(Cl)ccc2OC3(C)C)CC1. The average Bonchev–Trinajstić information content (AvgIpc) is 3.02. The zero-order valence-electron chi connectivity index (χ0n) is 26.7. The monoisotopic (exact) mass is 624 g/mol. The minimum absolute atomic E-state index is 0.00214. The first-order valence-corrected chi connectivity index (χ1v) is 16.8. The second-order valence-electron chi connectivity index (χ2n) is 14.0. The molecule has 0 aliphatic carbocycles. The summed E-state index contributed by atoms with van der Waals surface area (Å²) in [4.78, 5) is 29.7. The van der Waals surface area contributed by atoms with E-state index >= 15 is 0 Å². The van der Waals surface area contributed by atoms with Crippen LogP contribution in [0.5, 0.6) is 5.75 Å². The quantitative estimate of drug-likeness (QED) is 0.321. The summed E-state index contributed by atoms with van der Waals surface area (Å²) in [6, 6.07) is 16.1. The van der Waals surface area contributed by atoms with Crippen LogP contribution in [-0.4, -0.2) is 59.8 Å². The van der Waals surface area contributed by atoms with E-state index in [0.29, 0.717) is 43.3 Å². The Labute approximate surface area is 267 Å². The molecule has 0 radical (unpaired) electrons. The number of aryl methyl sites for hydroxylation is 1. The lowest BCUT2D eigenvalue weighted by Crippen LogP contribution is -2.56. The fourth-order valence-electron chi connectivity index (χ4n) is 7.44. The number of ether oxygens (including phenoxy) is 2. The number of rotatable bonds is 10. The van der Waals surface area contributed by atoms with Crippen LogP contribution in [0.4, 0.5) is 0 Å². The predicted octanol–water partition coefficient (Wildman–Crippen LogP) is 6.36. The topological polar surface area (TPSA) is 88.1 Å². The predicted molar refractivity (Wildman–Crippen MR) is 173 cm³/mol. The van der Waals surface area contributed by atoms with Gasteiger partial charge in [-0.3, -0.25) is 9.59 Å². The summed E-state index contributed by atoms with van der Waals surface area (Å²) in [5.41, 5.74) is 1.15. The van der Waals surface area contributed by atoms with Crippen molar-refractivity contribution in [1.82, 2.24) is 10.2 Å². The van der Waals surface area contributed by atoms with Gasteiger partial charge in [-0.25, -0.2) is 0 Å². The van der Waals surface area contributed by atoms with E-state index in [0.717, 1.165) is 37.0 Å². The number of carbonyl (C=O) groups excluding carboxylic acids is 2. The van der Waals surface area contributed by atoms with E-state index in [2.05, 4.69) is 45.1 Å². The van der Waals surface area contributed by atoms with Crippen molar-refractivity contribution in [2.45, 2.75) is 90.4 Å². The van der Waals surface area contributed by atoms with Crippen molar-refractivity contribution in [2.75, 3.05) is 26.2 Å². The molecule has 4 atom stereocenters. The third kappa shape index (κ3) is 7.11. The molecule has 0 aromatic heterocycles. The molecule has 2 saturated heterocycles. The minimum Gasteiger partial charge on any atom is -0.487 e. The van der Waals surface area contributed by atoms with Crippen molar-refractivity contribution < 1.29 is 24.2 Å². The molecular formula is C36H49ClN2O5. The zero-order valence-corrected chi connectivity index (χ0v) is 27.4. The second-order valence-corrected chi connectivity index (χ2v) is 14.4. The van der Waals surface area contributed by atoms with E-state index in [-0.39, 0.29) is 49.0 Å². The number of fused-ring (bicyclic) bond motifs is 3. The van der Waals surface area contributed by atoms with Crippen molar-refractivity contribution >= 4 is 23.4 Å². The Balaban J connectivity index is 1.37. The van der Waals surface area contributed by atoms with Crippen molar-refractivity contribution in [3.63, 3.8) is 0 Å². The first kappa shape index (κ1) is 32.8. The molecule has 5 rings (SSSR count). The summed E-state index contributed by atoms with van der Waals surface area (Å²) < 4.78 is 13.5. The van der Waals surface area contributed by atoms with Crippen LogP contribution >= 0.6 is 11.6 Å². The molecule has 3 aliphatic rings. The number of amides is 2. The summed E-state index contributed by atoms with van der Waals surface area (Å²) in [7, 11) is 0. The smallest absolute Gasteiger partial charge is 0.228 e. The van der Waals surface area contributed by atoms with E-state index < -0.39 is 11.0 Å². The van der Waals surface area contributed by atoms with Gasteiger partial charge >= 0.3 is 0 Å². The van der Waals surface area contributed by atoms with Crippen molar-refractivity contribution in [3.05, 3.63) is 64.7 Å². The van der Waals surface area contributed by atoms with Gasteiger partial charge in [-0.2, -0.15) is 0 Å². The van der Waals surface area contributed by atoms with Crippen LogP contribution in [0.3, 0.4) is 0 Å². The molecule has 8 heteroatoms. The molecule has 3 aliphatic heterocycles. The van der Waals surface area contributed by atoms with Crippen molar-refractivity contribution in [3.8, 4) is 5.75 Å². The maximum absolute atomic E-state index is 14.4. The Hall–Kier alpha value is -2.61. The fourth-order valence-corrected chi connectivity index (χ4v) is 7.62. The molecule has 0 bridgehead atoms. The standard InChI is InChI=1S/C36H49ClN2O5/c1-24(2)14-15-36(34(42)38-18-21-40)16-19-39(20-17-36)33(41)28-23-29-32(43-30(28)12-10-25-8-6-5-7-9-25)27-22-26(37)11-13-31(27)44-35(29,3)4/h5-9,11,13,22,24,28-30,32,40H,10,12,14-21,23H2,1-4H3,(H,38,42)/t28-,29+,30+,32-/m0/s1. The fraction of sp³-hybridized carbons (Fsp3) is 0.611. The van der Waals surface area contributed by atoms with Gasteiger partial charge in [-0.15, -0.1) is 0 Å². The van der Waals surface area contributed by atoms with Gasteiger partial charge in [0.15, 0.2) is 0 Å². The van der Waals surface area contributed by atoms with Crippen LogP contribution in [0.1, 0.15) is 83.5 Å². The largest absolute Gasteiger partial charge is 0.487 e. The Morgan fingerprint density at radius 3 is 2.52 bits per heavy atom. The summed E-state index contributed by atoms with van der Waals surface area (Å²) in [6.45, 7) is 9.78. The summed E-state index contributed by atoms with van der Waals surface area (Å²) in [5, 5.41) is 12.9. The molecule has 2 fully saturated rings. The molecule has 0 unspecified atom stereocenters. The van der Waals surface area contributed by atoms with Gasteiger partial charge in [0.1, 0.15) is 11.4 Å². The highest BCUT2D eigenvalue weighted by Crippen LogP contribution is 2.53. The van der Waals surface area contributed by atoms with Crippen molar-refractivity contribution in [2.24, 2.45) is 23.2 Å².